The SMILES string of the molecule is Cc1cc(C(F)(F)F)ccc1C(NN)c1cccnc1. The second kappa shape index (κ2) is 5.60. The number of rotatable bonds is 3. The number of nitrogens with two attached hydrogens (primary N) is 1. The van der Waals surface area contributed by atoms with Crippen molar-refractivity contribution in [1.29, 1.82) is 0 Å². The smallest absolute Gasteiger partial charge is 0.271 e. The molecule has 0 radical (unpaired) electrons. The monoisotopic (exact) mass is 281 g/mol. The fourth-order valence-electron chi connectivity index (χ4n) is 2.09. The van der Waals surface area contributed by atoms with E-state index in [0.29, 0.717) is 11.1 Å². The zero-order valence-corrected chi connectivity index (χ0v) is 10.8. The van der Waals surface area contributed by atoms with E-state index >= 15 is 0 Å². The molecule has 1 unspecified atom stereocenters. The Balaban J connectivity index is 2.42. The maximum absolute atomic E-state index is 12.7. The summed E-state index contributed by atoms with van der Waals surface area (Å²) in [6.45, 7) is 1.63. The first kappa shape index (κ1) is 14.5. The Morgan fingerprint density at radius 1 is 1.25 bits per heavy atom. The summed E-state index contributed by atoms with van der Waals surface area (Å²) < 4.78 is 38.0. The molecule has 20 heavy (non-hydrogen) atoms. The van der Waals surface area contributed by atoms with Crippen molar-refractivity contribution in [2.75, 3.05) is 0 Å². The van der Waals surface area contributed by atoms with E-state index in [0.717, 1.165) is 17.7 Å². The van der Waals surface area contributed by atoms with Crippen LogP contribution in [-0.2, 0) is 6.18 Å². The van der Waals surface area contributed by atoms with Crippen LogP contribution in [0.15, 0.2) is 42.7 Å². The number of hydrazine groups is 1. The molecule has 1 aromatic heterocycles. The molecule has 0 saturated heterocycles. The number of aryl methyl sites for hydroxylation is 1. The van der Waals surface area contributed by atoms with Gasteiger partial charge >= 0.3 is 6.18 Å². The van der Waals surface area contributed by atoms with Crippen LogP contribution in [0.4, 0.5) is 13.2 Å². The molecule has 6 heteroatoms. The minimum Gasteiger partial charge on any atom is -0.271 e. The summed E-state index contributed by atoms with van der Waals surface area (Å²) in [5.41, 5.74) is 3.94. The minimum absolute atomic E-state index is 0.397. The second-order valence-corrected chi connectivity index (χ2v) is 4.46. The molecule has 3 nitrogen and oxygen atoms in total. The summed E-state index contributed by atoms with van der Waals surface area (Å²) in [6.07, 6.45) is -1.10. The summed E-state index contributed by atoms with van der Waals surface area (Å²) in [4.78, 5) is 3.99. The van der Waals surface area contributed by atoms with E-state index in [-0.39, 0.29) is 0 Å². The normalized spacial score (nSPS) is 13.2. The topological polar surface area (TPSA) is 50.9 Å². The number of alkyl halides is 3. The summed E-state index contributed by atoms with van der Waals surface area (Å²) in [5.74, 6) is 5.53. The first-order chi connectivity index (χ1) is 9.43. The third-order valence-corrected chi connectivity index (χ3v) is 3.09. The molecule has 1 aromatic carbocycles. The second-order valence-electron chi connectivity index (χ2n) is 4.46. The van der Waals surface area contributed by atoms with Gasteiger partial charge in [-0.3, -0.25) is 10.8 Å². The number of halogens is 3. The van der Waals surface area contributed by atoms with Gasteiger partial charge in [0.2, 0.25) is 0 Å². The van der Waals surface area contributed by atoms with Crippen molar-refractivity contribution in [3.8, 4) is 0 Å². The lowest BCUT2D eigenvalue weighted by atomic mass is 9.95. The third kappa shape index (κ3) is 2.97. The van der Waals surface area contributed by atoms with Gasteiger partial charge in [0.15, 0.2) is 0 Å². The molecule has 0 aliphatic carbocycles. The highest BCUT2D eigenvalue weighted by atomic mass is 19.4. The van der Waals surface area contributed by atoms with Gasteiger partial charge in [0, 0.05) is 12.4 Å². The van der Waals surface area contributed by atoms with Gasteiger partial charge in [0.05, 0.1) is 11.6 Å². The van der Waals surface area contributed by atoms with Gasteiger partial charge in [-0.2, -0.15) is 13.2 Å². The summed E-state index contributed by atoms with van der Waals surface area (Å²) in [5, 5.41) is 0. The highest BCUT2D eigenvalue weighted by molar-refractivity contribution is 5.39. The maximum atomic E-state index is 12.7. The molecular formula is C14H14F3N3. The summed E-state index contributed by atoms with van der Waals surface area (Å²) in [6, 6.07) is 6.79. The van der Waals surface area contributed by atoms with Crippen LogP contribution in [0.3, 0.4) is 0 Å². The van der Waals surface area contributed by atoms with Crippen LogP contribution in [0, 0.1) is 6.92 Å². The molecule has 0 bridgehead atoms. The summed E-state index contributed by atoms with van der Waals surface area (Å²) in [7, 11) is 0. The Morgan fingerprint density at radius 2 is 2.00 bits per heavy atom. The average Bonchev–Trinajstić information content (AvgIpc) is 2.41. The van der Waals surface area contributed by atoms with E-state index in [4.69, 9.17) is 5.84 Å². The standard InChI is InChI=1S/C14H14F3N3/c1-9-7-11(14(15,16)17)4-5-12(9)13(20-18)10-3-2-6-19-8-10/h2-8,13,20H,18H2,1H3. The summed E-state index contributed by atoms with van der Waals surface area (Å²) >= 11 is 0. The molecule has 0 spiro atoms. The van der Waals surface area contributed by atoms with Gasteiger partial charge in [-0.25, -0.2) is 5.43 Å². The molecular weight excluding hydrogens is 267 g/mol. The van der Waals surface area contributed by atoms with Crippen LogP contribution in [-0.4, -0.2) is 4.98 Å². The molecule has 3 N–H and O–H groups in total. The van der Waals surface area contributed by atoms with Crippen LogP contribution < -0.4 is 11.3 Å². The third-order valence-electron chi connectivity index (χ3n) is 3.09. The largest absolute Gasteiger partial charge is 0.416 e. The van der Waals surface area contributed by atoms with E-state index in [9.17, 15) is 13.2 Å². The van der Waals surface area contributed by atoms with Gasteiger partial charge in [-0.1, -0.05) is 12.1 Å². The van der Waals surface area contributed by atoms with Gasteiger partial charge in [0.1, 0.15) is 0 Å². The lowest BCUT2D eigenvalue weighted by molar-refractivity contribution is -0.137. The predicted octanol–water partition coefficient (Wildman–Crippen LogP) is 2.96. The Labute approximate surface area is 114 Å². The van der Waals surface area contributed by atoms with Crippen molar-refractivity contribution in [3.05, 3.63) is 65.0 Å². The highest BCUT2D eigenvalue weighted by Crippen LogP contribution is 2.32. The van der Waals surface area contributed by atoms with Crippen LogP contribution in [0.5, 0.6) is 0 Å². The Morgan fingerprint density at radius 3 is 2.50 bits per heavy atom. The number of hydrogen-bond acceptors (Lipinski definition) is 3. The quantitative estimate of drug-likeness (QED) is 0.671. The lowest BCUT2D eigenvalue weighted by Crippen LogP contribution is -2.29. The van der Waals surface area contributed by atoms with Crippen LogP contribution in [0.25, 0.3) is 0 Å². The first-order valence-corrected chi connectivity index (χ1v) is 5.97. The van der Waals surface area contributed by atoms with Crippen LogP contribution in [0.2, 0.25) is 0 Å². The zero-order valence-electron chi connectivity index (χ0n) is 10.8. The van der Waals surface area contributed by atoms with Crippen molar-refractivity contribution in [2.45, 2.75) is 19.1 Å². The van der Waals surface area contributed by atoms with E-state index in [1.807, 2.05) is 6.07 Å². The van der Waals surface area contributed by atoms with E-state index < -0.39 is 17.8 Å². The Hall–Kier alpha value is -1.92. The number of hydrogen-bond donors (Lipinski definition) is 2. The average molecular weight is 281 g/mol. The van der Waals surface area contributed by atoms with Crippen molar-refractivity contribution in [3.63, 3.8) is 0 Å². The number of benzene rings is 1. The zero-order chi connectivity index (χ0) is 14.8. The number of nitrogens with zero attached hydrogens (tertiary/aromatic N) is 1. The molecule has 0 amide bonds. The fourth-order valence-corrected chi connectivity index (χ4v) is 2.09. The highest BCUT2D eigenvalue weighted by Gasteiger charge is 2.31. The van der Waals surface area contributed by atoms with Gasteiger partial charge < -0.3 is 0 Å². The molecule has 0 aliphatic rings. The fraction of sp³-hybridized carbons (Fsp3) is 0.214. The minimum atomic E-state index is -4.34. The molecule has 2 aromatic rings. The van der Waals surface area contributed by atoms with Crippen molar-refractivity contribution in [1.82, 2.24) is 10.4 Å². The Kier molecular flexibility index (Phi) is 4.06. The van der Waals surface area contributed by atoms with Crippen LogP contribution in [0.1, 0.15) is 28.3 Å². The number of nitrogens with one attached hydrogen (secondary N) is 1. The van der Waals surface area contributed by atoms with Gasteiger partial charge in [-0.05, 0) is 41.8 Å². The van der Waals surface area contributed by atoms with E-state index in [1.54, 1.807) is 25.4 Å². The predicted molar refractivity (Wildman–Crippen MR) is 69.6 cm³/mol. The lowest BCUT2D eigenvalue weighted by Gasteiger charge is -2.19. The molecule has 2 rings (SSSR count). The Bertz CT molecular complexity index is 582. The van der Waals surface area contributed by atoms with Crippen molar-refractivity contribution < 1.29 is 13.2 Å². The van der Waals surface area contributed by atoms with E-state index in [2.05, 4.69) is 10.4 Å². The molecule has 106 valence electrons. The molecule has 0 aliphatic heterocycles. The van der Waals surface area contributed by atoms with Crippen LogP contribution >= 0.6 is 0 Å². The van der Waals surface area contributed by atoms with Crippen molar-refractivity contribution >= 4 is 0 Å². The molecule has 0 fully saturated rings. The first-order valence-electron chi connectivity index (χ1n) is 5.97. The van der Waals surface area contributed by atoms with Gasteiger partial charge in [-0.15, -0.1) is 0 Å². The van der Waals surface area contributed by atoms with Gasteiger partial charge in [0.25, 0.3) is 0 Å². The maximum Gasteiger partial charge on any atom is 0.416 e. The molecule has 1 atom stereocenters. The number of aromatic nitrogens is 1. The molecule has 1 heterocycles. The number of pyridine rings is 1. The van der Waals surface area contributed by atoms with Crippen molar-refractivity contribution in [2.24, 2.45) is 5.84 Å². The van der Waals surface area contributed by atoms with E-state index in [1.165, 1.54) is 6.07 Å². The molecule has 0 saturated carbocycles.